The fourth-order valence-electron chi connectivity index (χ4n) is 3.15. The molecule has 0 saturated heterocycles. The minimum Gasteiger partial charge on any atom is -0.497 e. The Morgan fingerprint density at radius 2 is 1.86 bits per heavy atom. The number of rotatable bonds is 9. The first-order valence-electron chi connectivity index (χ1n) is 10.4. The number of hydrogen-bond acceptors (Lipinski definition) is 8. The fourth-order valence-corrected chi connectivity index (χ4v) is 4.16. The molecule has 0 saturated carbocycles. The van der Waals surface area contributed by atoms with Crippen LogP contribution in [-0.4, -0.2) is 51.8 Å². The van der Waals surface area contributed by atoms with Crippen LogP contribution in [-0.2, 0) is 4.79 Å². The number of thioether (sulfide) groups is 1. The van der Waals surface area contributed by atoms with E-state index in [1.54, 1.807) is 44.8 Å². The summed E-state index contributed by atoms with van der Waals surface area (Å²) in [6.07, 6.45) is 4.91. The van der Waals surface area contributed by atoms with E-state index in [4.69, 9.17) is 9.47 Å². The Morgan fingerprint density at radius 3 is 2.57 bits per heavy atom. The van der Waals surface area contributed by atoms with Crippen molar-refractivity contribution in [3.8, 4) is 28.6 Å². The van der Waals surface area contributed by atoms with Gasteiger partial charge in [0.25, 0.3) is 5.91 Å². The van der Waals surface area contributed by atoms with Crippen LogP contribution in [0.5, 0.6) is 11.5 Å². The van der Waals surface area contributed by atoms with Crippen LogP contribution in [0.4, 0.5) is 0 Å². The molecule has 0 spiro atoms. The second-order valence-corrected chi connectivity index (χ2v) is 8.90. The van der Waals surface area contributed by atoms with Crippen molar-refractivity contribution in [1.29, 1.82) is 0 Å². The highest BCUT2D eigenvalue weighted by Gasteiger charge is 2.17. The van der Waals surface area contributed by atoms with Crippen molar-refractivity contribution in [2.45, 2.75) is 5.16 Å². The maximum atomic E-state index is 12.5. The highest BCUT2D eigenvalue weighted by molar-refractivity contribution is 9.10. The van der Waals surface area contributed by atoms with Crippen molar-refractivity contribution in [2.75, 3.05) is 20.0 Å². The lowest BCUT2D eigenvalue weighted by molar-refractivity contribution is -0.118. The van der Waals surface area contributed by atoms with Crippen molar-refractivity contribution in [3.05, 3.63) is 77.0 Å². The Bertz CT molecular complexity index is 1330. The van der Waals surface area contributed by atoms with Crippen molar-refractivity contribution < 1.29 is 14.3 Å². The number of nitrogens with zero attached hydrogens (tertiary/aromatic N) is 5. The van der Waals surface area contributed by atoms with Crippen LogP contribution in [0.3, 0.4) is 0 Å². The molecule has 0 bridgehead atoms. The molecule has 0 radical (unpaired) electrons. The lowest BCUT2D eigenvalue weighted by Gasteiger charge is -2.10. The third-order valence-electron chi connectivity index (χ3n) is 4.82. The summed E-state index contributed by atoms with van der Waals surface area (Å²) in [4.78, 5) is 16.6. The number of aromatic nitrogens is 4. The van der Waals surface area contributed by atoms with Gasteiger partial charge in [0, 0.05) is 33.7 Å². The molecule has 11 heteroatoms. The smallest absolute Gasteiger partial charge is 0.250 e. The first kappa shape index (κ1) is 24.4. The molecule has 0 fully saturated rings. The highest BCUT2D eigenvalue weighted by Crippen LogP contribution is 2.28. The van der Waals surface area contributed by atoms with Gasteiger partial charge in [-0.3, -0.25) is 14.3 Å². The maximum absolute atomic E-state index is 12.5. The van der Waals surface area contributed by atoms with Gasteiger partial charge in [0.05, 0.1) is 26.2 Å². The Labute approximate surface area is 214 Å². The zero-order chi connectivity index (χ0) is 24.6. The third-order valence-corrected chi connectivity index (χ3v) is 6.28. The average molecular weight is 553 g/mol. The van der Waals surface area contributed by atoms with Gasteiger partial charge in [0.2, 0.25) is 0 Å². The molecule has 2 heterocycles. The van der Waals surface area contributed by atoms with Crippen LogP contribution in [0.1, 0.15) is 5.56 Å². The molecule has 1 N–H and O–H groups in total. The number of ether oxygens (including phenoxy) is 2. The van der Waals surface area contributed by atoms with E-state index in [-0.39, 0.29) is 11.7 Å². The number of carbonyl (C=O) groups is 1. The van der Waals surface area contributed by atoms with Crippen LogP contribution < -0.4 is 14.9 Å². The SMILES string of the molecule is COc1ccc(OC)c(C=NNC(=O)CSc2nnc(-c3ccncc3)n2-c2ccc(Br)cc2)c1. The molecule has 0 aliphatic carbocycles. The van der Waals surface area contributed by atoms with E-state index in [1.807, 2.05) is 41.0 Å². The van der Waals surface area contributed by atoms with Gasteiger partial charge in [0.15, 0.2) is 11.0 Å². The molecule has 2 aromatic heterocycles. The zero-order valence-corrected chi connectivity index (χ0v) is 21.3. The van der Waals surface area contributed by atoms with Crippen LogP contribution >= 0.6 is 27.7 Å². The molecule has 35 heavy (non-hydrogen) atoms. The first-order valence-corrected chi connectivity index (χ1v) is 12.2. The quantitative estimate of drug-likeness (QED) is 0.187. The van der Waals surface area contributed by atoms with E-state index < -0.39 is 0 Å². The van der Waals surface area contributed by atoms with Gasteiger partial charge < -0.3 is 9.47 Å². The maximum Gasteiger partial charge on any atom is 0.250 e. The second kappa shape index (κ2) is 11.6. The third kappa shape index (κ3) is 6.06. The lowest BCUT2D eigenvalue weighted by atomic mass is 10.2. The largest absolute Gasteiger partial charge is 0.497 e. The Balaban J connectivity index is 1.49. The van der Waals surface area contributed by atoms with Crippen molar-refractivity contribution in [3.63, 3.8) is 0 Å². The zero-order valence-electron chi connectivity index (χ0n) is 18.9. The number of benzene rings is 2. The van der Waals surface area contributed by atoms with E-state index in [1.165, 1.54) is 18.0 Å². The second-order valence-electron chi connectivity index (χ2n) is 7.04. The molecule has 9 nitrogen and oxygen atoms in total. The van der Waals surface area contributed by atoms with E-state index in [0.29, 0.717) is 28.0 Å². The number of carbonyl (C=O) groups excluding carboxylic acids is 1. The standard InChI is InChI=1S/C24H21BrN6O3S/c1-33-20-7-8-21(34-2)17(13-20)14-27-28-22(32)15-35-24-30-29-23(16-9-11-26-12-10-16)31(24)19-5-3-18(25)4-6-19/h3-14H,15H2,1-2H3,(H,28,32). The normalized spacial score (nSPS) is 10.9. The molecule has 1 amide bonds. The van der Waals surface area contributed by atoms with E-state index in [9.17, 15) is 4.79 Å². The number of halogens is 1. The monoisotopic (exact) mass is 552 g/mol. The van der Waals surface area contributed by atoms with Crippen LogP contribution in [0, 0.1) is 0 Å². The summed E-state index contributed by atoms with van der Waals surface area (Å²) in [6.45, 7) is 0. The molecule has 0 unspecified atom stereocenters. The molecule has 4 aromatic rings. The molecular weight excluding hydrogens is 532 g/mol. The number of amides is 1. The summed E-state index contributed by atoms with van der Waals surface area (Å²) in [5.41, 5.74) is 4.95. The van der Waals surface area contributed by atoms with Crippen LogP contribution in [0.15, 0.2) is 81.7 Å². The molecule has 0 atom stereocenters. The van der Waals surface area contributed by atoms with E-state index in [0.717, 1.165) is 15.7 Å². The Morgan fingerprint density at radius 1 is 1.09 bits per heavy atom. The fraction of sp³-hybridized carbons (Fsp3) is 0.125. The predicted molar refractivity (Wildman–Crippen MR) is 138 cm³/mol. The number of pyridine rings is 1. The van der Waals surface area contributed by atoms with Gasteiger partial charge >= 0.3 is 0 Å². The number of hydrogen-bond donors (Lipinski definition) is 1. The summed E-state index contributed by atoms with van der Waals surface area (Å²) in [5, 5.41) is 13.3. The molecule has 0 aliphatic rings. The average Bonchev–Trinajstić information content (AvgIpc) is 3.32. The van der Waals surface area contributed by atoms with Gasteiger partial charge in [-0.25, -0.2) is 5.43 Å². The number of methoxy groups -OCH3 is 2. The van der Waals surface area contributed by atoms with Gasteiger partial charge in [0.1, 0.15) is 11.5 Å². The van der Waals surface area contributed by atoms with E-state index in [2.05, 4.69) is 41.6 Å². The molecule has 178 valence electrons. The molecular formula is C24H21BrN6O3S. The van der Waals surface area contributed by atoms with Crippen LogP contribution in [0.25, 0.3) is 17.1 Å². The summed E-state index contributed by atoms with van der Waals surface area (Å²) in [5.74, 6) is 1.73. The summed E-state index contributed by atoms with van der Waals surface area (Å²) >= 11 is 4.72. The summed E-state index contributed by atoms with van der Waals surface area (Å²) in [6, 6.07) is 16.8. The topological polar surface area (TPSA) is 104 Å². The van der Waals surface area contributed by atoms with Crippen molar-refractivity contribution >= 4 is 39.8 Å². The first-order chi connectivity index (χ1) is 17.1. The number of hydrazone groups is 1. The van der Waals surface area contributed by atoms with Crippen LogP contribution in [0.2, 0.25) is 0 Å². The lowest BCUT2D eigenvalue weighted by Crippen LogP contribution is -2.20. The minimum absolute atomic E-state index is 0.0948. The Kier molecular flexibility index (Phi) is 8.11. The van der Waals surface area contributed by atoms with E-state index >= 15 is 0 Å². The minimum atomic E-state index is -0.288. The van der Waals surface area contributed by atoms with Gasteiger partial charge in [-0.1, -0.05) is 27.7 Å². The number of nitrogens with one attached hydrogen (secondary N) is 1. The molecule has 2 aromatic carbocycles. The van der Waals surface area contributed by atoms with Crippen molar-refractivity contribution in [2.24, 2.45) is 5.10 Å². The van der Waals surface area contributed by atoms with Gasteiger partial charge in [-0.05, 0) is 54.6 Å². The Hall–Kier alpha value is -3.70. The highest BCUT2D eigenvalue weighted by atomic mass is 79.9. The molecule has 4 rings (SSSR count). The van der Waals surface area contributed by atoms with Gasteiger partial charge in [-0.15, -0.1) is 10.2 Å². The molecule has 0 aliphatic heterocycles. The van der Waals surface area contributed by atoms with Crippen molar-refractivity contribution in [1.82, 2.24) is 25.2 Å². The predicted octanol–water partition coefficient (Wildman–Crippen LogP) is 4.35. The summed E-state index contributed by atoms with van der Waals surface area (Å²) in [7, 11) is 3.14. The summed E-state index contributed by atoms with van der Waals surface area (Å²) < 4.78 is 13.4. The van der Waals surface area contributed by atoms with Gasteiger partial charge in [-0.2, -0.15) is 5.10 Å².